The normalized spacial score (nSPS) is 10.8. The molecule has 0 aliphatic heterocycles. The van der Waals surface area contributed by atoms with Gasteiger partial charge in [-0.1, -0.05) is 58.1 Å². The zero-order valence-electron chi connectivity index (χ0n) is 12.0. The molecule has 0 aliphatic rings. The number of benzene rings is 1. The molecule has 18 heavy (non-hydrogen) atoms. The molecule has 0 aromatic heterocycles. The highest BCUT2D eigenvalue weighted by Crippen LogP contribution is 2.25. The second kappa shape index (κ2) is 9.02. The monoisotopic (exact) mass is 248 g/mol. The summed E-state index contributed by atoms with van der Waals surface area (Å²) in [6.45, 7) is 4.46. The molecule has 0 aliphatic carbocycles. The third-order valence-corrected chi connectivity index (χ3v) is 3.58. The molecule has 1 nitrogen and oxygen atoms in total. The maximum absolute atomic E-state index is 9.99. The summed E-state index contributed by atoms with van der Waals surface area (Å²) < 4.78 is 0. The van der Waals surface area contributed by atoms with Crippen LogP contribution in [0.5, 0.6) is 5.75 Å². The van der Waals surface area contributed by atoms with Gasteiger partial charge in [0.15, 0.2) is 0 Å². The molecule has 1 aromatic carbocycles. The van der Waals surface area contributed by atoms with Crippen molar-refractivity contribution in [1.29, 1.82) is 0 Å². The third kappa shape index (κ3) is 5.12. The highest BCUT2D eigenvalue weighted by molar-refractivity contribution is 5.39. The van der Waals surface area contributed by atoms with Crippen molar-refractivity contribution in [1.82, 2.24) is 0 Å². The molecule has 0 heterocycles. The first-order valence-corrected chi connectivity index (χ1v) is 7.59. The minimum absolute atomic E-state index is 0.499. The van der Waals surface area contributed by atoms with Gasteiger partial charge in [0, 0.05) is 0 Å². The molecule has 1 N–H and O–H groups in total. The van der Waals surface area contributed by atoms with E-state index in [9.17, 15) is 5.11 Å². The predicted octanol–water partition coefficient (Wildman–Crippen LogP) is 5.25. The van der Waals surface area contributed by atoms with Crippen molar-refractivity contribution in [3.05, 3.63) is 29.3 Å². The standard InChI is InChI=1S/C17H28O/c1-3-5-7-8-9-13-16-15(11-6-4-2)12-10-14-17(16)18/h10,12,14,18H,3-9,11,13H2,1-2H3. The highest BCUT2D eigenvalue weighted by Gasteiger charge is 2.06. The number of unbranched alkanes of at least 4 members (excludes halogenated alkanes) is 5. The van der Waals surface area contributed by atoms with Crippen LogP contribution in [0.3, 0.4) is 0 Å². The first kappa shape index (κ1) is 15.1. The van der Waals surface area contributed by atoms with Crippen LogP contribution in [0.2, 0.25) is 0 Å². The van der Waals surface area contributed by atoms with Gasteiger partial charge >= 0.3 is 0 Å². The fourth-order valence-corrected chi connectivity index (χ4v) is 2.42. The summed E-state index contributed by atoms with van der Waals surface area (Å²) in [6, 6.07) is 5.98. The molecule has 0 amide bonds. The van der Waals surface area contributed by atoms with Crippen LogP contribution in [0.1, 0.15) is 69.9 Å². The minimum atomic E-state index is 0.499. The smallest absolute Gasteiger partial charge is 0.119 e. The van der Waals surface area contributed by atoms with Crippen molar-refractivity contribution in [2.75, 3.05) is 0 Å². The van der Waals surface area contributed by atoms with Crippen LogP contribution >= 0.6 is 0 Å². The van der Waals surface area contributed by atoms with E-state index in [-0.39, 0.29) is 0 Å². The lowest BCUT2D eigenvalue weighted by molar-refractivity contribution is 0.464. The van der Waals surface area contributed by atoms with Gasteiger partial charge < -0.3 is 5.11 Å². The molecule has 0 fully saturated rings. The van der Waals surface area contributed by atoms with Crippen LogP contribution in [0.4, 0.5) is 0 Å². The number of aromatic hydroxyl groups is 1. The minimum Gasteiger partial charge on any atom is -0.508 e. The molecular formula is C17H28O. The van der Waals surface area contributed by atoms with Crippen LogP contribution in [-0.4, -0.2) is 5.11 Å². The van der Waals surface area contributed by atoms with Crippen LogP contribution < -0.4 is 0 Å². The number of hydrogen-bond donors (Lipinski definition) is 1. The molecule has 0 radical (unpaired) electrons. The summed E-state index contributed by atoms with van der Waals surface area (Å²) in [7, 11) is 0. The van der Waals surface area contributed by atoms with E-state index in [1.165, 1.54) is 56.1 Å². The number of phenols is 1. The van der Waals surface area contributed by atoms with Crippen molar-refractivity contribution in [3.63, 3.8) is 0 Å². The zero-order valence-corrected chi connectivity index (χ0v) is 12.0. The molecule has 0 spiro atoms. The fraction of sp³-hybridized carbons (Fsp3) is 0.647. The van der Waals surface area contributed by atoms with E-state index >= 15 is 0 Å². The van der Waals surface area contributed by atoms with E-state index < -0.39 is 0 Å². The van der Waals surface area contributed by atoms with Crippen molar-refractivity contribution in [2.24, 2.45) is 0 Å². The van der Waals surface area contributed by atoms with E-state index in [0.717, 1.165) is 12.8 Å². The number of aryl methyl sites for hydroxylation is 1. The second-order valence-corrected chi connectivity index (χ2v) is 5.18. The maximum Gasteiger partial charge on any atom is 0.119 e. The van der Waals surface area contributed by atoms with E-state index in [0.29, 0.717) is 5.75 Å². The summed E-state index contributed by atoms with van der Waals surface area (Å²) in [5.41, 5.74) is 2.55. The molecular weight excluding hydrogens is 220 g/mol. The van der Waals surface area contributed by atoms with Gasteiger partial charge in [0.2, 0.25) is 0 Å². The van der Waals surface area contributed by atoms with Crippen molar-refractivity contribution >= 4 is 0 Å². The summed E-state index contributed by atoms with van der Waals surface area (Å²) in [5, 5.41) is 9.99. The lowest BCUT2D eigenvalue weighted by atomic mass is 9.96. The fourth-order valence-electron chi connectivity index (χ4n) is 2.42. The Bertz CT molecular complexity index is 330. The van der Waals surface area contributed by atoms with Crippen LogP contribution in [0.25, 0.3) is 0 Å². The Morgan fingerprint density at radius 1 is 0.833 bits per heavy atom. The Labute approximate surface area is 112 Å². The molecule has 0 atom stereocenters. The summed E-state index contributed by atoms with van der Waals surface area (Å²) in [5.74, 6) is 0.499. The average Bonchev–Trinajstić information content (AvgIpc) is 2.38. The molecule has 0 bridgehead atoms. The predicted molar refractivity (Wildman–Crippen MR) is 79.2 cm³/mol. The average molecular weight is 248 g/mol. The first-order chi connectivity index (χ1) is 8.79. The second-order valence-electron chi connectivity index (χ2n) is 5.18. The lowest BCUT2D eigenvalue weighted by Gasteiger charge is -2.11. The van der Waals surface area contributed by atoms with Gasteiger partial charge in [0.25, 0.3) is 0 Å². The topological polar surface area (TPSA) is 20.2 Å². The van der Waals surface area contributed by atoms with Gasteiger partial charge in [0.05, 0.1) is 0 Å². The zero-order chi connectivity index (χ0) is 13.2. The number of phenolic OH excluding ortho intramolecular Hbond substituents is 1. The van der Waals surface area contributed by atoms with Crippen LogP contribution in [0.15, 0.2) is 18.2 Å². The van der Waals surface area contributed by atoms with Crippen LogP contribution in [0, 0.1) is 0 Å². The molecule has 102 valence electrons. The van der Waals surface area contributed by atoms with Gasteiger partial charge in [-0.25, -0.2) is 0 Å². The van der Waals surface area contributed by atoms with Gasteiger partial charge in [-0.05, 0) is 42.9 Å². The highest BCUT2D eigenvalue weighted by atomic mass is 16.3. The summed E-state index contributed by atoms with van der Waals surface area (Å²) in [6.07, 6.45) is 11.0. The Morgan fingerprint density at radius 3 is 2.28 bits per heavy atom. The van der Waals surface area contributed by atoms with E-state index in [1.54, 1.807) is 0 Å². The number of rotatable bonds is 9. The largest absolute Gasteiger partial charge is 0.508 e. The van der Waals surface area contributed by atoms with E-state index in [2.05, 4.69) is 19.9 Å². The van der Waals surface area contributed by atoms with E-state index in [4.69, 9.17) is 0 Å². The first-order valence-electron chi connectivity index (χ1n) is 7.59. The van der Waals surface area contributed by atoms with E-state index in [1.807, 2.05) is 12.1 Å². The Morgan fingerprint density at radius 2 is 1.56 bits per heavy atom. The van der Waals surface area contributed by atoms with Gasteiger partial charge in [-0.2, -0.15) is 0 Å². The summed E-state index contributed by atoms with van der Waals surface area (Å²) >= 11 is 0. The number of hydrogen-bond acceptors (Lipinski definition) is 1. The third-order valence-electron chi connectivity index (χ3n) is 3.58. The Balaban J connectivity index is 2.50. The van der Waals surface area contributed by atoms with Gasteiger partial charge in [0.1, 0.15) is 5.75 Å². The maximum atomic E-state index is 9.99. The molecule has 0 saturated carbocycles. The Hall–Kier alpha value is -0.980. The molecule has 0 saturated heterocycles. The molecule has 0 unspecified atom stereocenters. The molecule has 1 aromatic rings. The SMILES string of the molecule is CCCCCCCc1c(O)cccc1CCCC. The van der Waals surface area contributed by atoms with Crippen molar-refractivity contribution in [3.8, 4) is 5.75 Å². The van der Waals surface area contributed by atoms with Gasteiger partial charge in [-0.15, -0.1) is 0 Å². The quantitative estimate of drug-likeness (QED) is 0.592. The molecule has 1 heteroatoms. The molecule has 1 rings (SSSR count). The van der Waals surface area contributed by atoms with Crippen molar-refractivity contribution in [2.45, 2.75) is 71.6 Å². The summed E-state index contributed by atoms with van der Waals surface area (Å²) in [4.78, 5) is 0. The Kier molecular flexibility index (Phi) is 7.55. The van der Waals surface area contributed by atoms with Crippen molar-refractivity contribution < 1.29 is 5.11 Å². The van der Waals surface area contributed by atoms with Crippen LogP contribution in [-0.2, 0) is 12.8 Å². The lowest BCUT2D eigenvalue weighted by Crippen LogP contribution is -1.96. The van der Waals surface area contributed by atoms with Gasteiger partial charge in [-0.3, -0.25) is 0 Å².